The zero-order valence-corrected chi connectivity index (χ0v) is 12.7. The molecule has 21 heavy (non-hydrogen) atoms. The Labute approximate surface area is 126 Å². The minimum Gasteiger partial charge on any atom is -0.314 e. The van der Waals surface area contributed by atoms with Crippen molar-refractivity contribution in [3.05, 3.63) is 42.2 Å². The Morgan fingerprint density at radius 2 is 2.05 bits per heavy atom. The van der Waals surface area contributed by atoms with Gasteiger partial charge in [-0.3, -0.25) is 9.88 Å². The Kier molecular flexibility index (Phi) is 4.80. The van der Waals surface area contributed by atoms with E-state index in [4.69, 9.17) is 0 Å². The number of hydrogen-bond donors (Lipinski definition) is 2. The summed E-state index contributed by atoms with van der Waals surface area (Å²) >= 11 is 0. The van der Waals surface area contributed by atoms with Crippen LogP contribution in [0.25, 0.3) is 10.8 Å². The third-order valence-corrected chi connectivity index (χ3v) is 4.21. The molecule has 0 amide bonds. The molecule has 1 aliphatic rings. The van der Waals surface area contributed by atoms with Gasteiger partial charge in [0.1, 0.15) is 0 Å². The SMILES string of the molecule is C[C@@H]1CNCCNCCN1Cc1ccc2cnccc2c1. The zero-order chi connectivity index (χ0) is 14.5. The lowest BCUT2D eigenvalue weighted by Crippen LogP contribution is -2.41. The molecule has 2 aromatic rings. The van der Waals surface area contributed by atoms with Gasteiger partial charge in [-0.15, -0.1) is 0 Å². The summed E-state index contributed by atoms with van der Waals surface area (Å²) in [7, 11) is 0. The molecule has 0 spiro atoms. The molecule has 0 unspecified atom stereocenters. The van der Waals surface area contributed by atoms with Crippen LogP contribution in [0.1, 0.15) is 12.5 Å². The number of nitrogens with zero attached hydrogens (tertiary/aromatic N) is 2. The second kappa shape index (κ2) is 6.98. The third kappa shape index (κ3) is 3.79. The van der Waals surface area contributed by atoms with Gasteiger partial charge in [0.05, 0.1) is 0 Å². The zero-order valence-electron chi connectivity index (χ0n) is 12.7. The van der Waals surface area contributed by atoms with Gasteiger partial charge in [0.15, 0.2) is 0 Å². The molecule has 0 aliphatic carbocycles. The molecule has 1 saturated heterocycles. The quantitative estimate of drug-likeness (QED) is 0.879. The van der Waals surface area contributed by atoms with Crippen LogP contribution in [0.4, 0.5) is 0 Å². The molecule has 1 fully saturated rings. The van der Waals surface area contributed by atoms with E-state index in [0.717, 1.165) is 39.3 Å². The Morgan fingerprint density at radius 3 is 3.00 bits per heavy atom. The second-order valence-electron chi connectivity index (χ2n) is 5.83. The summed E-state index contributed by atoms with van der Waals surface area (Å²) in [6.45, 7) is 8.64. The maximum atomic E-state index is 4.18. The molecule has 0 bridgehead atoms. The predicted octanol–water partition coefficient (Wildman–Crippen LogP) is 1.62. The number of aromatic nitrogens is 1. The molecule has 3 rings (SSSR count). The first-order chi connectivity index (χ1) is 10.3. The number of benzene rings is 1. The minimum atomic E-state index is 0.554. The minimum absolute atomic E-state index is 0.554. The molecule has 1 aromatic carbocycles. The summed E-state index contributed by atoms with van der Waals surface area (Å²) in [4.78, 5) is 6.73. The monoisotopic (exact) mass is 284 g/mol. The van der Waals surface area contributed by atoms with Crippen molar-refractivity contribution in [3.8, 4) is 0 Å². The fourth-order valence-electron chi connectivity index (χ4n) is 2.89. The number of rotatable bonds is 2. The third-order valence-electron chi connectivity index (χ3n) is 4.21. The molecule has 0 radical (unpaired) electrons. The fourth-order valence-corrected chi connectivity index (χ4v) is 2.89. The van der Waals surface area contributed by atoms with E-state index in [2.05, 4.69) is 51.7 Å². The van der Waals surface area contributed by atoms with Crippen LogP contribution in [-0.2, 0) is 6.54 Å². The highest BCUT2D eigenvalue weighted by Gasteiger charge is 2.15. The number of hydrogen-bond acceptors (Lipinski definition) is 4. The van der Waals surface area contributed by atoms with E-state index in [0.29, 0.717) is 6.04 Å². The van der Waals surface area contributed by atoms with Gasteiger partial charge in [-0.2, -0.15) is 0 Å². The molecular weight excluding hydrogens is 260 g/mol. The van der Waals surface area contributed by atoms with Gasteiger partial charge in [0, 0.05) is 63.1 Å². The van der Waals surface area contributed by atoms with Crippen molar-refractivity contribution in [1.29, 1.82) is 0 Å². The number of nitrogens with one attached hydrogen (secondary N) is 2. The van der Waals surface area contributed by atoms with Gasteiger partial charge in [-0.25, -0.2) is 0 Å². The molecule has 2 N–H and O–H groups in total. The van der Waals surface area contributed by atoms with Crippen LogP contribution in [0.3, 0.4) is 0 Å². The van der Waals surface area contributed by atoms with Gasteiger partial charge >= 0.3 is 0 Å². The summed E-state index contributed by atoms with van der Waals surface area (Å²) in [5.41, 5.74) is 1.37. The Hall–Kier alpha value is -1.49. The maximum absolute atomic E-state index is 4.18. The van der Waals surface area contributed by atoms with E-state index in [-0.39, 0.29) is 0 Å². The van der Waals surface area contributed by atoms with Crippen molar-refractivity contribution in [3.63, 3.8) is 0 Å². The maximum Gasteiger partial charge on any atom is 0.0346 e. The summed E-state index contributed by atoms with van der Waals surface area (Å²) in [6, 6.07) is 9.33. The van der Waals surface area contributed by atoms with Gasteiger partial charge in [0.25, 0.3) is 0 Å². The highest BCUT2D eigenvalue weighted by atomic mass is 15.2. The average molecular weight is 284 g/mol. The van der Waals surface area contributed by atoms with Crippen molar-refractivity contribution < 1.29 is 0 Å². The van der Waals surface area contributed by atoms with E-state index in [1.54, 1.807) is 0 Å². The molecule has 1 aliphatic heterocycles. The predicted molar refractivity (Wildman–Crippen MR) is 87.4 cm³/mol. The molecule has 4 nitrogen and oxygen atoms in total. The van der Waals surface area contributed by atoms with Crippen molar-refractivity contribution in [2.75, 3.05) is 32.7 Å². The normalized spacial score (nSPS) is 21.7. The van der Waals surface area contributed by atoms with Crippen LogP contribution in [-0.4, -0.2) is 48.6 Å². The highest BCUT2D eigenvalue weighted by molar-refractivity contribution is 5.81. The van der Waals surface area contributed by atoms with E-state index in [9.17, 15) is 0 Å². The molecular formula is C17H24N4. The lowest BCUT2D eigenvalue weighted by molar-refractivity contribution is 0.202. The van der Waals surface area contributed by atoms with Crippen LogP contribution in [0, 0.1) is 0 Å². The highest BCUT2D eigenvalue weighted by Crippen LogP contribution is 2.16. The molecule has 0 saturated carbocycles. The number of fused-ring (bicyclic) bond motifs is 1. The van der Waals surface area contributed by atoms with Gasteiger partial charge in [0.2, 0.25) is 0 Å². The van der Waals surface area contributed by atoms with Gasteiger partial charge < -0.3 is 10.6 Å². The molecule has 1 aromatic heterocycles. The first-order valence-corrected chi connectivity index (χ1v) is 7.81. The Balaban J connectivity index is 1.75. The largest absolute Gasteiger partial charge is 0.314 e. The summed E-state index contributed by atoms with van der Waals surface area (Å²) in [5, 5.41) is 9.47. The first kappa shape index (κ1) is 14.4. The van der Waals surface area contributed by atoms with Crippen LogP contribution in [0.15, 0.2) is 36.7 Å². The fraction of sp³-hybridized carbons (Fsp3) is 0.471. The van der Waals surface area contributed by atoms with E-state index >= 15 is 0 Å². The van der Waals surface area contributed by atoms with Crippen molar-refractivity contribution >= 4 is 10.8 Å². The van der Waals surface area contributed by atoms with Crippen molar-refractivity contribution in [1.82, 2.24) is 20.5 Å². The molecule has 1 atom stereocenters. The topological polar surface area (TPSA) is 40.2 Å². The lowest BCUT2D eigenvalue weighted by Gasteiger charge is -2.28. The Bertz CT molecular complexity index is 584. The van der Waals surface area contributed by atoms with Crippen LogP contribution in [0.2, 0.25) is 0 Å². The van der Waals surface area contributed by atoms with Crippen molar-refractivity contribution in [2.45, 2.75) is 19.5 Å². The van der Waals surface area contributed by atoms with Crippen molar-refractivity contribution in [2.24, 2.45) is 0 Å². The van der Waals surface area contributed by atoms with Crippen LogP contribution >= 0.6 is 0 Å². The molecule has 4 heteroatoms. The van der Waals surface area contributed by atoms with E-state index in [1.807, 2.05) is 12.4 Å². The Morgan fingerprint density at radius 1 is 1.14 bits per heavy atom. The summed E-state index contributed by atoms with van der Waals surface area (Å²) in [5.74, 6) is 0. The lowest BCUT2D eigenvalue weighted by atomic mass is 10.1. The molecule has 2 heterocycles. The summed E-state index contributed by atoms with van der Waals surface area (Å²) in [6.07, 6.45) is 3.79. The summed E-state index contributed by atoms with van der Waals surface area (Å²) < 4.78 is 0. The smallest absolute Gasteiger partial charge is 0.0346 e. The molecule has 112 valence electrons. The first-order valence-electron chi connectivity index (χ1n) is 7.81. The van der Waals surface area contributed by atoms with E-state index < -0.39 is 0 Å². The number of pyridine rings is 1. The van der Waals surface area contributed by atoms with Gasteiger partial charge in [-0.1, -0.05) is 12.1 Å². The average Bonchev–Trinajstić information content (AvgIpc) is 2.61. The standard InChI is InChI=1S/C17H24N4/c1-14-11-20-7-6-18-8-9-21(14)13-15-2-3-17-12-19-5-4-16(17)10-15/h2-5,10,12,14,18,20H,6-9,11,13H2,1H3/t14-/m1/s1. The van der Waals surface area contributed by atoms with E-state index in [1.165, 1.54) is 16.3 Å². The van der Waals surface area contributed by atoms with Crippen LogP contribution < -0.4 is 10.6 Å². The van der Waals surface area contributed by atoms with Crippen LogP contribution in [0.5, 0.6) is 0 Å². The second-order valence-corrected chi connectivity index (χ2v) is 5.83. The van der Waals surface area contributed by atoms with Gasteiger partial charge in [-0.05, 0) is 30.0 Å².